The van der Waals surface area contributed by atoms with Gasteiger partial charge >= 0.3 is 35.8 Å². The molecule has 0 bridgehead atoms. The number of hydrogen-bond acceptors (Lipinski definition) is 16. The number of nitrogens with two attached hydrogens (primary N) is 5. The van der Waals surface area contributed by atoms with Crippen molar-refractivity contribution in [3.63, 3.8) is 0 Å². The number of ether oxygens (including phenoxy) is 1. The molecule has 0 spiro atoms. The number of carboxylic acid groups (broad SMARTS) is 7. The molecule has 330 valence electrons. The van der Waals surface area contributed by atoms with Crippen LogP contribution in [0.3, 0.4) is 0 Å². The van der Waals surface area contributed by atoms with E-state index in [9.17, 15) is 38.7 Å². The van der Waals surface area contributed by atoms with Crippen LogP contribution in [0.4, 0.5) is 0 Å². The van der Waals surface area contributed by atoms with Crippen molar-refractivity contribution >= 4 is 47.8 Å². The maximum atomic E-state index is 10.7. The fraction of sp³-hybridized carbons (Fsp3) is 0.588. The van der Waals surface area contributed by atoms with E-state index in [1.807, 2.05) is 21.1 Å². The van der Waals surface area contributed by atoms with Gasteiger partial charge in [-0.1, -0.05) is 18.6 Å². The molecule has 0 heterocycles. The number of unbranched alkanes of at least 4 members (excludes halogenated alkanes) is 1. The van der Waals surface area contributed by atoms with Crippen molar-refractivity contribution in [1.82, 2.24) is 0 Å². The molecule has 1 rings (SSSR count). The zero-order valence-electron chi connectivity index (χ0n) is 33.1. The van der Waals surface area contributed by atoms with Crippen LogP contribution in [0, 0.1) is 0 Å². The molecule has 0 aliphatic rings. The SMILES string of the molecule is CC(=O)O.CC(=O)O[C@H](CC(=O)[O-])C[N+](C)(C)C.C[C@H](N)C(=O)O.NCCCC[C@H](N)C(=O)O.N[C@@H](CCC(=O)O)C(=O)O.N[C@@H](Cc1ccc(O)cc1)C(=O)O. The monoisotopic (exact) mass is 826 g/mol. The molecule has 17 N–H and O–H groups in total. The van der Waals surface area contributed by atoms with Crippen molar-refractivity contribution < 1.29 is 88.4 Å². The molecule has 0 saturated heterocycles. The van der Waals surface area contributed by atoms with Crippen LogP contribution in [0.15, 0.2) is 24.3 Å². The van der Waals surface area contributed by atoms with Gasteiger partial charge in [0.05, 0.1) is 21.1 Å². The number of carbonyl (C=O) groups is 8. The topological polar surface area (TPSA) is 441 Å². The Kier molecular flexibility index (Phi) is 37.3. The summed E-state index contributed by atoms with van der Waals surface area (Å²) in [7, 11) is 5.68. The van der Waals surface area contributed by atoms with Crippen molar-refractivity contribution in [2.24, 2.45) is 28.7 Å². The van der Waals surface area contributed by atoms with E-state index in [-0.39, 0.29) is 31.4 Å². The molecule has 0 aliphatic heterocycles. The lowest BCUT2D eigenvalue weighted by atomic mass is 10.1. The second-order valence-electron chi connectivity index (χ2n) is 12.8. The van der Waals surface area contributed by atoms with Crippen LogP contribution in [0.1, 0.15) is 64.9 Å². The average molecular weight is 827 g/mol. The zero-order valence-corrected chi connectivity index (χ0v) is 33.1. The summed E-state index contributed by atoms with van der Waals surface area (Å²) in [5, 5.41) is 67.7. The van der Waals surface area contributed by atoms with Crippen LogP contribution in [-0.2, 0) is 49.5 Å². The van der Waals surface area contributed by atoms with Gasteiger partial charge in [-0.3, -0.25) is 33.6 Å². The van der Waals surface area contributed by atoms with E-state index in [4.69, 9.17) is 73.9 Å². The lowest BCUT2D eigenvalue weighted by Gasteiger charge is -2.28. The third kappa shape index (κ3) is 52.7. The Morgan fingerprint density at radius 2 is 1.12 bits per heavy atom. The summed E-state index contributed by atoms with van der Waals surface area (Å²) in [5.41, 5.74) is 26.4. The first-order valence-corrected chi connectivity index (χ1v) is 16.9. The van der Waals surface area contributed by atoms with E-state index < -0.39 is 78.0 Å². The number of carboxylic acids is 7. The molecule has 23 heteroatoms. The Hall–Kier alpha value is -5.46. The number of likely N-dealkylation sites (N-methyl/N-ethyl adjacent to an activating group) is 1. The molecule has 0 unspecified atom stereocenters. The predicted octanol–water partition coefficient (Wildman–Crippen LogP) is -2.59. The van der Waals surface area contributed by atoms with Crippen molar-refractivity contribution in [1.29, 1.82) is 0 Å². The highest BCUT2D eigenvalue weighted by Gasteiger charge is 2.21. The third-order valence-electron chi connectivity index (χ3n) is 5.85. The van der Waals surface area contributed by atoms with Gasteiger partial charge in [0, 0.05) is 32.7 Å². The largest absolute Gasteiger partial charge is 0.550 e. The summed E-state index contributed by atoms with van der Waals surface area (Å²) in [5.74, 6) is -7.46. The van der Waals surface area contributed by atoms with E-state index in [1.165, 1.54) is 26.0 Å². The summed E-state index contributed by atoms with van der Waals surface area (Å²) >= 11 is 0. The second-order valence-corrected chi connectivity index (χ2v) is 12.8. The van der Waals surface area contributed by atoms with Gasteiger partial charge in [0.2, 0.25) is 0 Å². The van der Waals surface area contributed by atoms with Gasteiger partial charge in [-0.2, -0.15) is 0 Å². The van der Waals surface area contributed by atoms with Crippen LogP contribution in [0.25, 0.3) is 0 Å². The molecule has 0 saturated carbocycles. The number of hydrogen-bond donors (Lipinski definition) is 12. The molecule has 23 nitrogen and oxygen atoms in total. The fourth-order valence-corrected chi connectivity index (χ4v) is 3.18. The first kappa shape index (κ1) is 60.8. The normalized spacial score (nSPS) is 12.5. The van der Waals surface area contributed by atoms with E-state index in [0.29, 0.717) is 24.0 Å². The van der Waals surface area contributed by atoms with Gasteiger partial charge in [0.25, 0.3) is 5.97 Å². The molecular weight excluding hydrogens is 764 g/mol. The van der Waals surface area contributed by atoms with Crippen molar-refractivity contribution in [2.75, 3.05) is 34.2 Å². The molecule has 1 aromatic rings. The Bertz CT molecular complexity index is 1320. The number of phenolic OH excluding ortho intramolecular Hbond substituents is 1. The minimum Gasteiger partial charge on any atom is -0.550 e. The van der Waals surface area contributed by atoms with Crippen LogP contribution >= 0.6 is 0 Å². The fourth-order valence-electron chi connectivity index (χ4n) is 3.18. The van der Waals surface area contributed by atoms with Crippen molar-refractivity contribution in [3.05, 3.63) is 29.8 Å². The maximum Gasteiger partial charge on any atom is 0.320 e. The predicted molar refractivity (Wildman–Crippen MR) is 201 cm³/mol. The molecule has 0 aliphatic carbocycles. The Labute approximate surface area is 330 Å². The lowest BCUT2D eigenvalue weighted by Crippen LogP contribution is -2.45. The van der Waals surface area contributed by atoms with Gasteiger partial charge in [-0.05, 0) is 56.8 Å². The van der Waals surface area contributed by atoms with Gasteiger partial charge in [0.1, 0.15) is 36.5 Å². The number of carbonyl (C=O) groups excluding carboxylic acids is 2. The van der Waals surface area contributed by atoms with Gasteiger partial charge in [-0.15, -0.1) is 0 Å². The number of phenols is 1. The summed E-state index contributed by atoms with van der Waals surface area (Å²) in [4.78, 5) is 80.0. The summed E-state index contributed by atoms with van der Waals surface area (Å²) < 4.78 is 5.39. The summed E-state index contributed by atoms with van der Waals surface area (Å²) in [6, 6.07) is 2.92. The highest BCUT2D eigenvalue weighted by Crippen LogP contribution is 2.10. The minimum atomic E-state index is -1.20. The third-order valence-corrected chi connectivity index (χ3v) is 5.85. The number of quaternary nitrogens is 1. The number of benzene rings is 1. The van der Waals surface area contributed by atoms with E-state index in [2.05, 4.69) is 0 Å². The summed E-state index contributed by atoms with van der Waals surface area (Å²) in [6.45, 7) is 4.82. The molecule has 1 aromatic carbocycles. The number of nitrogens with zero attached hydrogens (tertiary/aromatic N) is 1. The van der Waals surface area contributed by atoms with Gasteiger partial charge < -0.3 is 83.5 Å². The molecule has 5 atom stereocenters. The Morgan fingerprint density at radius 3 is 1.42 bits per heavy atom. The first-order valence-electron chi connectivity index (χ1n) is 16.9. The maximum absolute atomic E-state index is 10.7. The van der Waals surface area contributed by atoms with Crippen LogP contribution in [0.2, 0.25) is 0 Å². The van der Waals surface area contributed by atoms with Gasteiger partial charge in [0.15, 0.2) is 6.10 Å². The van der Waals surface area contributed by atoms with Gasteiger partial charge in [-0.25, -0.2) is 0 Å². The molecule has 0 aromatic heterocycles. The smallest absolute Gasteiger partial charge is 0.320 e. The highest BCUT2D eigenvalue weighted by molar-refractivity contribution is 5.75. The van der Waals surface area contributed by atoms with E-state index in [1.54, 1.807) is 12.1 Å². The van der Waals surface area contributed by atoms with Crippen LogP contribution in [-0.4, -0.2) is 152 Å². The van der Waals surface area contributed by atoms with E-state index in [0.717, 1.165) is 25.3 Å². The van der Waals surface area contributed by atoms with Crippen molar-refractivity contribution in [2.45, 2.75) is 96.0 Å². The number of esters is 1. The van der Waals surface area contributed by atoms with Crippen molar-refractivity contribution in [3.8, 4) is 5.75 Å². The number of rotatable bonds is 18. The molecule has 57 heavy (non-hydrogen) atoms. The quantitative estimate of drug-likeness (QED) is 0.0410. The lowest BCUT2D eigenvalue weighted by molar-refractivity contribution is -0.873. The Morgan fingerprint density at radius 1 is 0.719 bits per heavy atom. The molecule has 0 fully saturated rings. The minimum absolute atomic E-state index is 0.0231. The Balaban J connectivity index is -0.000000197. The average Bonchev–Trinajstić information content (AvgIpc) is 3.04. The first-order chi connectivity index (χ1) is 25.9. The van der Waals surface area contributed by atoms with E-state index >= 15 is 0 Å². The van der Waals surface area contributed by atoms with Crippen LogP contribution < -0.4 is 33.8 Å². The standard InChI is InChI=1S/C9H17NO4.C9H11NO3.C6H14N2O2.C5H9NO4.C3H7NO2.C2H4O2/c1-7(11)14-8(5-9(12)13)6-10(2,3)4;10-8(9(12)13)5-6-1-3-7(11)4-2-6;7-4-2-1-3-5(8)6(9)10;6-3(5(9)10)1-2-4(7)8;1-2(4)3(5)6;1-2(3)4/h8H,5-6H2,1-4H3;1-4,8,11H,5,10H2,(H,12,13);5H,1-4,7-8H2,(H,9,10);3H,1-2,6H2,(H,7,8)(H,9,10);2H,4H2,1H3,(H,5,6);1H3,(H,3,4)/t2*8-;5-;3-;2-;/m10000./s1. The number of aliphatic carboxylic acids is 7. The molecule has 0 radical (unpaired) electrons. The van der Waals surface area contributed by atoms with Crippen LogP contribution in [0.5, 0.6) is 5.75 Å². The summed E-state index contributed by atoms with van der Waals surface area (Å²) in [6.07, 6.45) is 1.35. The molecule has 0 amide bonds. The zero-order chi connectivity index (χ0) is 46.1. The second kappa shape index (κ2) is 35.0. The number of aromatic hydroxyl groups is 1. The highest BCUT2D eigenvalue weighted by atomic mass is 16.5. The molecular formula is C34H62N6O17.